The van der Waals surface area contributed by atoms with Crippen molar-refractivity contribution in [3.05, 3.63) is 54.1 Å². The van der Waals surface area contributed by atoms with Gasteiger partial charge in [0.1, 0.15) is 5.75 Å². The molecule has 29 heavy (non-hydrogen) atoms. The van der Waals surface area contributed by atoms with E-state index in [-0.39, 0.29) is 30.1 Å². The first-order valence-electron chi connectivity index (χ1n) is 9.54. The first-order chi connectivity index (χ1) is 13.9. The minimum atomic E-state index is -0.372. The van der Waals surface area contributed by atoms with E-state index in [2.05, 4.69) is 10.6 Å². The molecule has 1 aliphatic heterocycles. The first-order valence-corrected chi connectivity index (χ1v) is 9.54. The number of ether oxygens (including phenoxy) is 1. The second-order valence-corrected chi connectivity index (χ2v) is 7.09. The minimum Gasteiger partial charge on any atom is -0.497 e. The van der Waals surface area contributed by atoms with Crippen molar-refractivity contribution >= 4 is 29.1 Å². The molecular weight excluding hydrogens is 370 g/mol. The largest absolute Gasteiger partial charge is 0.497 e. The van der Waals surface area contributed by atoms with Gasteiger partial charge in [-0.3, -0.25) is 14.4 Å². The summed E-state index contributed by atoms with van der Waals surface area (Å²) in [6, 6.07) is 14.6. The van der Waals surface area contributed by atoms with Gasteiger partial charge in [-0.1, -0.05) is 12.1 Å². The molecule has 3 amide bonds. The molecule has 7 nitrogen and oxygen atoms in total. The first kappa shape index (κ1) is 20.4. The third-order valence-corrected chi connectivity index (χ3v) is 4.86. The fraction of sp³-hybridized carbons (Fsp3) is 0.318. The van der Waals surface area contributed by atoms with E-state index in [1.807, 2.05) is 24.3 Å². The van der Waals surface area contributed by atoms with Crippen LogP contribution in [0.2, 0.25) is 0 Å². The number of benzene rings is 2. The average molecular weight is 395 g/mol. The summed E-state index contributed by atoms with van der Waals surface area (Å²) in [5.74, 6) is 0.0868. The van der Waals surface area contributed by atoms with E-state index in [4.69, 9.17) is 4.74 Å². The van der Waals surface area contributed by atoms with Crippen molar-refractivity contribution in [1.29, 1.82) is 0 Å². The van der Waals surface area contributed by atoms with Gasteiger partial charge in [0.05, 0.1) is 13.0 Å². The Hall–Kier alpha value is -3.35. The van der Waals surface area contributed by atoms with Gasteiger partial charge in [0.2, 0.25) is 17.7 Å². The van der Waals surface area contributed by atoms with Gasteiger partial charge in [0.15, 0.2) is 0 Å². The second kappa shape index (κ2) is 9.23. The van der Waals surface area contributed by atoms with Gasteiger partial charge in [-0.2, -0.15) is 0 Å². The number of methoxy groups -OCH3 is 1. The zero-order chi connectivity index (χ0) is 20.8. The molecule has 0 spiro atoms. The normalized spacial score (nSPS) is 15.9. The van der Waals surface area contributed by atoms with Crippen molar-refractivity contribution in [2.24, 2.45) is 5.92 Å². The van der Waals surface area contributed by atoms with Crippen LogP contribution >= 0.6 is 0 Å². The number of carbonyl (C=O) groups is 3. The molecule has 1 unspecified atom stereocenters. The molecule has 0 aromatic heterocycles. The van der Waals surface area contributed by atoms with Gasteiger partial charge in [-0.05, 0) is 48.4 Å². The fourth-order valence-electron chi connectivity index (χ4n) is 3.34. The van der Waals surface area contributed by atoms with Crippen LogP contribution < -0.4 is 15.4 Å². The van der Waals surface area contributed by atoms with Gasteiger partial charge in [-0.25, -0.2) is 0 Å². The van der Waals surface area contributed by atoms with Crippen LogP contribution in [-0.2, 0) is 20.8 Å². The Labute approximate surface area is 170 Å². The summed E-state index contributed by atoms with van der Waals surface area (Å²) in [7, 11) is 1.62. The van der Waals surface area contributed by atoms with Crippen molar-refractivity contribution in [3.8, 4) is 5.75 Å². The van der Waals surface area contributed by atoms with Crippen LogP contribution in [0, 0.1) is 5.92 Å². The molecule has 3 rings (SSSR count). The number of rotatable bonds is 7. The predicted molar refractivity (Wildman–Crippen MR) is 111 cm³/mol. The molecule has 1 heterocycles. The SMILES string of the molecule is COc1cccc(CCN2CC(C(=O)Nc3ccc(NC(C)=O)cc3)CC2=O)c1. The number of amides is 3. The van der Waals surface area contributed by atoms with Crippen LogP contribution in [-0.4, -0.2) is 42.8 Å². The lowest BCUT2D eigenvalue weighted by molar-refractivity contribution is -0.128. The molecule has 1 aliphatic rings. The smallest absolute Gasteiger partial charge is 0.229 e. The van der Waals surface area contributed by atoms with Crippen LogP contribution in [0.1, 0.15) is 18.9 Å². The summed E-state index contributed by atoms with van der Waals surface area (Å²) in [5.41, 5.74) is 2.38. The van der Waals surface area contributed by atoms with Gasteiger partial charge in [0, 0.05) is 37.8 Å². The molecule has 2 N–H and O–H groups in total. The van der Waals surface area contributed by atoms with Crippen LogP contribution in [0.5, 0.6) is 5.75 Å². The molecule has 152 valence electrons. The van der Waals surface area contributed by atoms with Crippen molar-refractivity contribution in [3.63, 3.8) is 0 Å². The molecule has 1 fully saturated rings. The van der Waals surface area contributed by atoms with E-state index in [9.17, 15) is 14.4 Å². The molecule has 2 aromatic rings. The van der Waals surface area contributed by atoms with Crippen LogP contribution in [0.15, 0.2) is 48.5 Å². The molecule has 0 radical (unpaired) electrons. The van der Waals surface area contributed by atoms with E-state index in [1.165, 1.54) is 6.92 Å². The molecule has 0 aliphatic carbocycles. The Morgan fingerprint density at radius 1 is 1.10 bits per heavy atom. The number of anilines is 2. The topological polar surface area (TPSA) is 87.7 Å². The van der Waals surface area contributed by atoms with Gasteiger partial charge in [0.25, 0.3) is 0 Å². The van der Waals surface area contributed by atoms with Crippen LogP contribution in [0.25, 0.3) is 0 Å². The van der Waals surface area contributed by atoms with Crippen LogP contribution in [0.3, 0.4) is 0 Å². The zero-order valence-corrected chi connectivity index (χ0v) is 16.6. The number of hydrogen-bond donors (Lipinski definition) is 2. The molecule has 0 bridgehead atoms. The van der Waals surface area contributed by atoms with Crippen molar-refractivity contribution in [2.45, 2.75) is 19.8 Å². The highest BCUT2D eigenvalue weighted by atomic mass is 16.5. The highest BCUT2D eigenvalue weighted by molar-refractivity contribution is 5.97. The molecule has 2 aromatic carbocycles. The Balaban J connectivity index is 1.52. The minimum absolute atomic E-state index is 0.00551. The fourth-order valence-corrected chi connectivity index (χ4v) is 3.34. The lowest BCUT2D eigenvalue weighted by Gasteiger charge is -2.17. The third-order valence-electron chi connectivity index (χ3n) is 4.86. The van der Waals surface area contributed by atoms with Crippen molar-refractivity contribution < 1.29 is 19.1 Å². The predicted octanol–water partition coefficient (Wildman–Crippen LogP) is 2.68. The Morgan fingerprint density at radius 2 is 1.79 bits per heavy atom. The summed E-state index contributed by atoms with van der Waals surface area (Å²) in [6.07, 6.45) is 0.926. The maximum Gasteiger partial charge on any atom is 0.229 e. The number of nitrogens with zero attached hydrogens (tertiary/aromatic N) is 1. The number of likely N-dealkylation sites (tertiary alicyclic amines) is 1. The van der Waals surface area contributed by atoms with E-state index in [0.717, 1.165) is 11.3 Å². The lowest BCUT2D eigenvalue weighted by Crippen LogP contribution is -2.30. The van der Waals surface area contributed by atoms with E-state index in [1.54, 1.807) is 36.3 Å². The zero-order valence-electron chi connectivity index (χ0n) is 16.6. The number of nitrogens with one attached hydrogen (secondary N) is 2. The quantitative estimate of drug-likeness (QED) is 0.755. The Bertz CT molecular complexity index is 895. The standard InChI is InChI=1S/C22H25N3O4/c1-15(26)23-18-6-8-19(9-7-18)24-22(28)17-13-21(27)25(14-17)11-10-16-4-3-5-20(12-16)29-2/h3-9,12,17H,10-11,13-14H2,1-2H3,(H,23,26)(H,24,28). The van der Waals surface area contributed by atoms with Crippen molar-refractivity contribution in [1.82, 2.24) is 4.90 Å². The lowest BCUT2D eigenvalue weighted by atomic mass is 10.1. The molecule has 1 saturated heterocycles. The summed E-state index contributed by atoms with van der Waals surface area (Å²) < 4.78 is 5.22. The Kier molecular flexibility index (Phi) is 6.49. The van der Waals surface area contributed by atoms with Crippen molar-refractivity contribution in [2.75, 3.05) is 30.8 Å². The summed E-state index contributed by atoms with van der Waals surface area (Å²) in [4.78, 5) is 37.7. The highest BCUT2D eigenvalue weighted by Crippen LogP contribution is 2.22. The highest BCUT2D eigenvalue weighted by Gasteiger charge is 2.34. The van der Waals surface area contributed by atoms with E-state index < -0.39 is 0 Å². The van der Waals surface area contributed by atoms with Crippen LogP contribution in [0.4, 0.5) is 11.4 Å². The second-order valence-electron chi connectivity index (χ2n) is 7.09. The molecule has 1 atom stereocenters. The molecular formula is C22H25N3O4. The van der Waals surface area contributed by atoms with Gasteiger partial charge < -0.3 is 20.3 Å². The summed E-state index contributed by atoms with van der Waals surface area (Å²) in [6.45, 7) is 2.42. The van der Waals surface area contributed by atoms with Gasteiger partial charge >= 0.3 is 0 Å². The number of carbonyl (C=O) groups excluding carboxylic acids is 3. The molecule has 0 saturated carbocycles. The molecule has 7 heteroatoms. The summed E-state index contributed by atoms with van der Waals surface area (Å²) in [5, 5.41) is 5.52. The maximum atomic E-state index is 12.6. The third kappa shape index (κ3) is 5.57. The monoisotopic (exact) mass is 395 g/mol. The maximum absolute atomic E-state index is 12.6. The average Bonchev–Trinajstić information content (AvgIpc) is 3.08. The van der Waals surface area contributed by atoms with E-state index in [0.29, 0.717) is 30.9 Å². The summed E-state index contributed by atoms with van der Waals surface area (Å²) >= 11 is 0. The van der Waals surface area contributed by atoms with Gasteiger partial charge in [-0.15, -0.1) is 0 Å². The Morgan fingerprint density at radius 3 is 2.45 bits per heavy atom. The van der Waals surface area contributed by atoms with E-state index >= 15 is 0 Å². The number of hydrogen-bond acceptors (Lipinski definition) is 4.